The summed E-state index contributed by atoms with van der Waals surface area (Å²) in [5.74, 6) is -3.30. The van der Waals surface area contributed by atoms with Crippen LogP contribution in [0.15, 0.2) is 34.9 Å². The van der Waals surface area contributed by atoms with Gasteiger partial charge in [0.2, 0.25) is 5.91 Å². The number of nitrogens with zero attached hydrogens (tertiary/aromatic N) is 3. The maximum atomic E-state index is 13.2. The van der Waals surface area contributed by atoms with Crippen LogP contribution in [-0.2, 0) is 7.05 Å². The van der Waals surface area contributed by atoms with Gasteiger partial charge >= 0.3 is 0 Å². The van der Waals surface area contributed by atoms with E-state index in [1.165, 1.54) is 0 Å². The molecule has 2 aromatic heterocycles. The van der Waals surface area contributed by atoms with Crippen LogP contribution in [-0.4, -0.2) is 45.5 Å². The highest BCUT2D eigenvalue weighted by Crippen LogP contribution is 2.37. The zero-order valence-corrected chi connectivity index (χ0v) is 17.7. The number of carbonyl (C=O) groups is 2. The molecule has 164 valence electrons. The fourth-order valence-corrected chi connectivity index (χ4v) is 4.54. The lowest BCUT2D eigenvalue weighted by atomic mass is 9.97. The molecule has 1 fully saturated rings. The van der Waals surface area contributed by atoms with Gasteiger partial charge < -0.3 is 19.7 Å². The van der Waals surface area contributed by atoms with Gasteiger partial charge in [0.15, 0.2) is 0 Å². The second kappa shape index (κ2) is 6.62. The summed E-state index contributed by atoms with van der Waals surface area (Å²) in [6.07, 6.45) is 0. The molecule has 0 bridgehead atoms. The Kier molecular flexibility index (Phi) is 4.17. The van der Waals surface area contributed by atoms with Crippen molar-refractivity contribution < 1.29 is 22.9 Å². The van der Waals surface area contributed by atoms with Gasteiger partial charge in [-0.15, -0.1) is 0 Å². The average Bonchev–Trinajstić information content (AvgIpc) is 3.21. The molecule has 0 saturated carbocycles. The van der Waals surface area contributed by atoms with E-state index in [4.69, 9.17) is 10.3 Å². The summed E-state index contributed by atoms with van der Waals surface area (Å²) in [6, 6.07) is 8.62. The molecule has 1 saturated heterocycles. The number of primary amides is 1. The van der Waals surface area contributed by atoms with E-state index in [9.17, 15) is 18.4 Å². The summed E-state index contributed by atoms with van der Waals surface area (Å²) in [4.78, 5) is 26.2. The number of benzene rings is 2. The van der Waals surface area contributed by atoms with E-state index in [0.29, 0.717) is 27.8 Å². The number of nitrogens with two attached hydrogens (primary N) is 1. The van der Waals surface area contributed by atoms with Gasteiger partial charge in [-0.1, -0.05) is 5.16 Å². The summed E-state index contributed by atoms with van der Waals surface area (Å²) in [7, 11) is 1.85. The van der Waals surface area contributed by atoms with Crippen LogP contribution in [0.5, 0.6) is 0 Å². The zero-order valence-electron chi connectivity index (χ0n) is 17.7. The molecule has 1 aliphatic heterocycles. The van der Waals surface area contributed by atoms with Crippen molar-refractivity contribution in [2.45, 2.75) is 19.8 Å². The van der Waals surface area contributed by atoms with Crippen molar-refractivity contribution in [2.24, 2.45) is 12.8 Å². The molecule has 0 atom stereocenters. The van der Waals surface area contributed by atoms with Gasteiger partial charge in [-0.2, -0.15) is 0 Å². The largest absolute Gasteiger partial charge is 0.366 e. The van der Waals surface area contributed by atoms with Gasteiger partial charge in [-0.25, -0.2) is 8.78 Å². The number of hydrogen-bond acceptors (Lipinski definition) is 4. The third-order valence-corrected chi connectivity index (χ3v) is 6.07. The molecule has 4 aromatic rings. The number of fused-ring (bicyclic) bond motifs is 3. The van der Waals surface area contributed by atoms with E-state index >= 15 is 0 Å². The molecule has 0 radical (unpaired) electrons. The number of likely N-dealkylation sites (tertiary alicyclic amines) is 1. The lowest BCUT2D eigenvalue weighted by Gasteiger charge is -2.38. The molecule has 1 aliphatic rings. The number of halogens is 2. The minimum atomic E-state index is -2.84. The number of aryl methyl sites for hydroxylation is 3. The average molecular weight is 438 g/mol. The Morgan fingerprint density at radius 3 is 2.44 bits per heavy atom. The van der Waals surface area contributed by atoms with Crippen molar-refractivity contribution in [3.63, 3.8) is 0 Å². The van der Waals surface area contributed by atoms with Gasteiger partial charge in [-0.3, -0.25) is 9.59 Å². The molecule has 7 nitrogen and oxygen atoms in total. The summed E-state index contributed by atoms with van der Waals surface area (Å²) in [5.41, 5.74) is 10.1. The molecule has 9 heteroatoms. The number of alkyl halides is 2. The van der Waals surface area contributed by atoms with Gasteiger partial charge in [-0.05, 0) is 49.7 Å². The van der Waals surface area contributed by atoms with E-state index in [1.54, 1.807) is 31.2 Å². The van der Waals surface area contributed by atoms with E-state index in [1.807, 2.05) is 24.6 Å². The molecule has 32 heavy (non-hydrogen) atoms. The first-order valence-electron chi connectivity index (χ1n) is 10.0. The predicted molar refractivity (Wildman–Crippen MR) is 115 cm³/mol. The Hall–Kier alpha value is -3.75. The molecule has 2 aromatic carbocycles. The van der Waals surface area contributed by atoms with Crippen LogP contribution in [0.4, 0.5) is 8.78 Å². The second-order valence-electron chi connectivity index (χ2n) is 8.29. The molecule has 3 heterocycles. The van der Waals surface area contributed by atoms with Crippen molar-refractivity contribution in [2.75, 3.05) is 13.1 Å². The molecule has 2 amide bonds. The molecule has 0 unspecified atom stereocenters. The number of amides is 2. The molecular weight excluding hydrogens is 418 g/mol. The SMILES string of the molecule is Cc1noc(C)c1-c1cc(C(N)=O)c2c3cc(C(=O)N4CC(F)(F)C4)ccc3n(C)c2c1. The van der Waals surface area contributed by atoms with Crippen LogP contribution in [0.3, 0.4) is 0 Å². The van der Waals surface area contributed by atoms with Crippen LogP contribution in [0, 0.1) is 13.8 Å². The topological polar surface area (TPSA) is 94.4 Å². The Bertz CT molecular complexity index is 1420. The highest BCUT2D eigenvalue weighted by molar-refractivity contribution is 6.20. The quantitative estimate of drug-likeness (QED) is 0.527. The Balaban J connectivity index is 1.73. The summed E-state index contributed by atoms with van der Waals surface area (Å²) >= 11 is 0. The smallest absolute Gasteiger partial charge is 0.282 e. The lowest BCUT2D eigenvalue weighted by Crippen LogP contribution is -2.58. The van der Waals surface area contributed by atoms with Crippen LogP contribution in [0.1, 0.15) is 32.2 Å². The van der Waals surface area contributed by atoms with E-state index in [-0.39, 0.29) is 5.56 Å². The van der Waals surface area contributed by atoms with Crippen molar-refractivity contribution in [1.82, 2.24) is 14.6 Å². The van der Waals surface area contributed by atoms with E-state index < -0.39 is 30.8 Å². The minimum Gasteiger partial charge on any atom is -0.366 e. The molecule has 5 rings (SSSR count). The van der Waals surface area contributed by atoms with Gasteiger partial charge in [0.25, 0.3) is 11.8 Å². The fraction of sp³-hybridized carbons (Fsp3) is 0.261. The second-order valence-corrected chi connectivity index (χ2v) is 8.29. The third-order valence-electron chi connectivity index (χ3n) is 6.07. The first-order chi connectivity index (χ1) is 15.1. The van der Waals surface area contributed by atoms with Crippen LogP contribution in [0.2, 0.25) is 0 Å². The number of carbonyl (C=O) groups excluding carboxylic acids is 2. The highest BCUT2D eigenvalue weighted by atomic mass is 19.3. The maximum absolute atomic E-state index is 13.2. The lowest BCUT2D eigenvalue weighted by molar-refractivity contribution is -0.113. The normalized spacial score (nSPS) is 15.3. The molecule has 0 spiro atoms. The fourth-order valence-electron chi connectivity index (χ4n) is 4.54. The number of hydrogen-bond donors (Lipinski definition) is 1. The molecule has 2 N–H and O–H groups in total. The van der Waals surface area contributed by atoms with Crippen LogP contribution in [0.25, 0.3) is 32.9 Å². The van der Waals surface area contributed by atoms with E-state index in [2.05, 4.69) is 5.16 Å². The molecule has 0 aliphatic carbocycles. The van der Waals surface area contributed by atoms with Crippen molar-refractivity contribution in [1.29, 1.82) is 0 Å². The highest BCUT2D eigenvalue weighted by Gasteiger charge is 2.46. The Labute approximate surface area is 181 Å². The third kappa shape index (κ3) is 2.88. The monoisotopic (exact) mass is 438 g/mol. The first kappa shape index (κ1) is 20.2. The van der Waals surface area contributed by atoms with Crippen molar-refractivity contribution >= 4 is 33.6 Å². The Morgan fingerprint density at radius 1 is 1.12 bits per heavy atom. The van der Waals surface area contributed by atoms with Crippen LogP contribution < -0.4 is 5.73 Å². The predicted octanol–water partition coefficient (Wildman–Crippen LogP) is 3.79. The van der Waals surface area contributed by atoms with Gasteiger partial charge in [0, 0.05) is 40.0 Å². The standard InChI is InChI=1S/C23H20F2N4O3/c1-11-19(12(2)32-27-11)14-7-16(21(26)30)20-15-6-13(22(31)29-9-23(24,25)10-29)4-5-17(15)28(3)18(20)8-14/h4-8H,9-10H2,1-3H3,(H2,26,30). The number of rotatable bonds is 3. The summed E-state index contributed by atoms with van der Waals surface area (Å²) < 4.78 is 33.6. The summed E-state index contributed by atoms with van der Waals surface area (Å²) in [6.45, 7) is 2.43. The molecular formula is C23H20F2N4O3. The summed E-state index contributed by atoms with van der Waals surface area (Å²) in [5, 5.41) is 5.25. The van der Waals surface area contributed by atoms with Crippen molar-refractivity contribution in [3.05, 3.63) is 52.9 Å². The Morgan fingerprint density at radius 2 is 1.84 bits per heavy atom. The minimum absolute atomic E-state index is 0.283. The number of aromatic nitrogens is 2. The zero-order chi connectivity index (χ0) is 22.9. The van der Waals surface area contributed by atoms with Gasteiger partial charge in [0.05, 0.1) is 24.3 Å². The maximum Gasteiger partial charge on any atom is 0.282 e. The van der Waals surface area contributed by atoms with Crippen LogP contribution >= 0.6 is 0 Å². The van der Waals surface area contributed by atoms with Gasteiger partial charge in [0.1, 0.15) is 5.76 Å². The first-order valence-corrected chi connectivity index (χ1v) is 10.0. The van der Waals surface area contributed by atoms with Crippen molar-refractivity contribution in [3.8, 4) is 11.1 Å². The van der Waals surface area contributed by atoms with E-state index in [0.717, 1.165) is 27.1 Å².